The molecular weight excluding hydrogens is 373 g/mol. The zero-order chi connectivity index (χ0) is 20.3. The van der Waals surface area contributed by atoms with Gasteiger partial charge in [0.2, 0.25) is 5.91 Å². The fourth-order valence-electron chi connectivity index (χ4n) is 2.97. The van der Waals surface area contributed by atoms with Crippen LogP contribution in [-0.4, -0.2) is 52.8 Å². The second-order valence-corrected chi connectivity index (χ2v) is 6.47. The van der Waals surface area contributed by atoms with Crippen LogP contribution in [0.2, 0.25) is 0 Å². The molecule has 9 heteroatoms. The van der Waals surface area contributed by atoms with Crippen LogP contribution < -0.4 is 5.32 Å². The summed E-state index contributed by atoms with van der Waals surface area (Å²) in [5, 5.41) is 2.39. The number of amides is 2. The van der Waals surface area contributed by atoms with Gasteiger partial charge >= 0.3 is 0 Å². The van der Waals surface area contributed by atoms with Gasteiger partial charge in [-0.1, -0.05) is 6.07 Å². The van der Waals surface area contributed by atoms with Crippen LogP contribution in [0.4, 0.5) is 19.0 Å². The van der Waals surface area contributed by atoms with Crippen molar-refractivity contribution in [2.45, 2.75) is 13.5 Å². The Morgan fingerprint density at radius 1 is 1.04 bits per heavy atom. The third kappa shape index (κ3) is 4.48. The van der Waals surface area contributed by atoms with E-state index in [0.29, 0.717) is 44.5 Å². The molecule has 1 N–H and O–H groups in total. The number of aromatic nitrogens is 1. The van der Waals surface area contributed by atoms with Crippen molar-refractivity contribution in [3.05, 3.63) is 59.0 Å². The molecule has 1 aliphatic rings. The molecule has 1 aromatic carbocycles. The third-order valence-corrected chi connectivity index (χ3v) is 4.53. The van der Waals surface area contributed by atoms with Crippen LogP contribution >= 0.6 is 0 Å². The highest BCUT2D eigenvalue weighted by molar-refractivity contribution is 6.03. The predicted octanol–water partition coefficient (Wildman–Crippen LogP) is 2.42. The number of carbonyl (C=O) groups excluding carboxylic acids is 2. The SMILES string of the molecule is CC(=O)N1CCN(Cc2cccc(NC(=O)c3ccc(F)c(F)c3F)n2)CC1. The molecule has 1 fully saturated rings. The number of nitrogens with zero attached hydrogens (tertiary/aromatic N) is 3. The van der Waals surface area contributed by atoms with E-state index < -0.39 is 28.9 Å². The predicted molar refractivity (Wildman–Crippen MR) is 96.0 cm³/mol. The van der Waals surface area contributed by atoms with E-state index in [0.717, 1.165) is 6.07 Å². The summed E-state index contributed by atoms with van der Waals surface area (Å²) in [6.07, 6.45) is 0. The minimum atomic E-state index is -1.70. The molecule has 28 heavy (non-hydrogen) atoms. The summed E-state index contributed by atoms with van der Waals surface area (Å²) in [7, 11) is 0. The molecule has 148 valence electrons. The maximum atomic E-state index is 13.8. The summed E-state index contributed by atoms with van der Waals surface area (Å²) in [5.74, 6) is -5.30. The van der Waals surface area contributed by atoms with Gasteiger partial charge in [0.1, 0.15) is 5.82 Å². The van der Waals surface area contributed by atoms with E-state index >= 15 is 0 Å². The van der Waals surface area contributed by atoms with E-state index in [1.54, 1.807) is 24.0 Å². The lowest BCUT2D eigenvalue weighted by Crippen LogP contribution is -2.47. The van der Waals surface area contributed by atoms with Gasteiger partial charge in [-0.05, 0) is 24.3 Å². The molecule has 0 atom stereocenters. The van der Waals surface area contributed by atoms with Gasteiger partial charge in [0.25, 0.3) is 5.91 Å². The van der Waals surface area contributed by atoms with Crippen LogP contribution in [0, 0.1) is 17.5 Å². The van der Waals surface area contributed by atoms with E-state index in [-0.39, 0.29) is 11.7 Å². The first-order valence-electron chi connectivity index (χ1n) is 8.74. The topological polar surface area (TPSA) is 65.5 Å². The van der Waals surface area contributed by atoms with Crippen molar-refractivity contribution in [2.75, 3.05) is 31.5 Å². The molecular formula is C19H19F3N4O2. The summed E-state index contributed by atoms with van der Waals surface area (Å²) in [5.41, 5.74) is 0.0753. The summed E-state index contributed by atoms with van der Waals surface area (Å²) in [4.78, 5) is 31.8. The summed E-state index contributed by atoms with van der Waals surface area (Å²) < 4.78 is 40.1. The van der Waals surface area contributed by atoms with Gasteiger partial charge in [-0.2, -0.15) is 0 Å². The molecule has 0 spiro atoms. The number of pyridine rings is 1. The Hall–Kier alpha value is -2.94. The highest BCUT2D eigenvalue weighted by Gasteiger charge is 2.20. The molecule has 0 unspecified atom stereocenters. The van der Waals surface area contributed by atoms with Crippen LogP contribution in [0.1, 0.15) is 23.0 Å². The number of halogens is 3. The zero-order valence-electron chi connectivity index (χ0n) is 15.2. The lowest BCUT2D eigenvalue weighted by atomic mass is 10.2. The summed E-state index contributed by atoms with van der Waals surface area (Å²) >= 11 is 0. The Labute approximate surface area is 160 Å². The Morgan fingerprint density at radius 2 is 1.75 bits per heavy atom. The molecule has 1 aliphatic heterocycles. The van der Waals surface area contributed by atoms with Gasteiger partial charge in [-0.15, -0.1) is 0 Å². The molecule has 2 heterocycles. The van der Waals surface area contributed by atoms with E-state index in [9.17, 15) is 22.8 Å². The maximum absolute atomic E-state index is 13.8. The van der Waals surface area contributed by atoms with Gasteiger partial charge in [-0.3, -0.25) is 14.5 Å². The minimum absolute atomic E-state index is 0.0481. The van der Waals surface area contributed by atoms with E-state index in [2.05, 4.69) is 15.2 Å². The second kappa shape index (κ2) is 8.39. The highest BCUT2D eigenvalue weighted by Crippen LogP contribution is 2.17. The van der Waals surface area contributed by atoms with Gasteiger partial charge < -0.3 is 10.2 Å². The largest absolute Gasteiger partial charge is 0.340 e. The zero-order valence-corrected chi connectivity index (χ0v) is 15.2. The van der Waals surface area contributed by atoms with Gasteiger partial charge in [0.05, 0.1) is 11.3 Å². The van der Waals surface area contributed by atoms with Gasteiger partial charge in [0.15, 0.2) is 17.5 Å². The van der Waals surface area contributed by atoms with Crippen molar-refractivity contribution in [1.29, 1.82) is 0 Å². The van der Waals surface area contributed by atoms with Crippen molar-refractivity contribution in [1.82, 2.24) is 14.8 Å². The molecule has 3 rings (SSSR count). The van der Waals surface area contributed by atoms with Gasteiger partial charge in [-0.25, -0.2) is 18.2 Å². The number of anilines is 1. The van der Waals surface area contributed by atoms with E-state index in [4.69, 9.17) is 0 Å². The van der Waals surface area contributed by atoms with Crippen LogP contribution in [0.3, 0.4) is 0 Å². The Balaban J connectivity index is 1.65. The molecule has 0 saturated carbocycles. The molecule has 0 bridgehead atoms. The first-order valence-corrected chi connectivity index (χ1v) is 8.74. The lowest BCUT2D eigenvalue weighted by molar-refractivity contribution is -0.130. The normalized spacial score (nSPS) is 14.8. The molecule has 2 amide bonds. The number of hydrogen-bond donors (Lipinski definition) is 1. The van der Waals surface area contributed by atoms with Crippen molar-refractivity contribution >= 4 is 17.6 Å². The smallest absolute Gasteiger partial charge is 0.259 e. The van der Waals surface area contributed by atoms with Crippen LogP contribution in [-0.2, 0) is 11.3 Å². The molecule has 0 aliphatic carbocycles. The van der Waals surface area contributed by atoms with Crippen LogP contribution in [0.5, 0.6) is 0 Å². The highest BCUT2D eigenvalue weighted by atomic mass is 19.2. The maximum Gasteiger partial charge on any atom is 0.259 e. The summed E-state index contributed by atoms with van der Waals surface area (Å²) in [6.45, 7) is 4.76. The minimum Gasteiger partial charge on any atom is -0.340 e. The van der Waals surface area contributed by atoms with E-state index in [1.807, 2.05) is 0 Å². The third-order valence-electron chi connectivity index (χ3n) is 4.53. The summed E-state index contributed by atoms with van der Waals surface area (Å²) in [6, 6.07) is 6.56. The number of carbonyl (C=O) groups is 2. The number of hydrogen-bond acceptors (Lipinski definition) is 4. The number of nitrogens with one attached hydrogen (secondary N) is 1. The van der Waals surface area contributed by atoms with Crippen molar-refractivity contribution in [3.8, 4) is 0 Å². The monoisotopic (exact) mass is 392 g/mol. The number of rotatable bonds is 4. The van der Waals surface area contributed by atoms with Crippen molar-refractivity contribution < 1.29 is 22.8 Å². The molecule has 0 radical (unpaired) electrons. The van der Waals surface area contributed by atoms with E-state index in [1.165, 1.54) is 6.07 Å². The number of benzene rings is 1. The Bertz CT molecular complexity index is 899. The lowest BCUT2D eigenvalue weighted by Gasteiger charge is -2.33. The van der Waals surface area contributed by atoms with Gasteiger partial charge in [0, 0.05) is 39.6 Å². The van der Waals surface area contributed by atoms with Crippen LogP contribution in [0.25, 0.3) is 0 Å². The molecule has 2 aromatic rings. The first kappa shape index (κ1) is 19.8. The molecule has 1 saturated heterocycles. The molecule has 1 aromatic heterocycles. The Kier molecular flexibility index (Phi) is 5.93. The average Bonchev–Trinajstić information content (AvgIpc) is 2.67. The van der Waals surface area contributed by atoms with Crippen LogP contribution in [0.15, 0.2) is 30.3 Å². The first-order chi connectivity index (χ1) is 13.3. The molecule has 6 nitrogen and oxygen atoms in total. The van der Waals surface area contributed by atoms with Crippen molar-refractivity contribution in [2.24, 2.45) is 0 Å². The fraction of sp³-hybridized carbons (Fsp3) is 0.316. The quantitative estimate of drug-likeness (QED) is 0.812. The average molecular weight is 392 g/mol. The second-order valence-electron chi connectivity index (χ2n) is 6.47. The fourth-order valence-corrected chi connectivity index (χ4v) is 2.97. The Morgan fingerprint density at radius 3 is 2.43 bits per heavy atom. The standard InChI is InChI=1S/C19H19F3N4O2/c1-12(27)26-9-7-25(8-10-26)11-13-3-2-4-16(23-13)24-19(28)14-5-6-15(20)18(22)17(14)21/h2-6H,7-11H2,1H3,(H,23,24,28). The van der Waals surface area contributed by atoms with Crippen molar-refractivity contribution in [3.63, 3.8) is 0 Å². The number of piperazine rings is 1.